The Bertz CT molecular complexity index is 292. The van der Waals surface area contributed by atoms with Gasteiger partial charge in [0.25, 0.3) is 0 Å². The number of pyridine rings is 1. The molecule has 1 aromatic rings. The van der Waals surface area contributed by atoms with Gasteiger partial charge in [0, 0.05) is 18.4 Å². The molecule has 2 nitrogen and oxygen atoms in total. The van der Waals surface area contributed by atoms with Gasteiger partial charge in [-0.2, -0.15) is 0 Å². The molecule has 2 heteroatoms. The van der Waals surface area contributed by atoms with Gasteiger partial charge in [0.2, 0.25) is 0 Å². The summed E-state index contributed by atoms with van der Waals surface area (Å²) in [5, 5.41) is 0. The Morgan fingerprint density at radius 2 is 2.00 bits per heavy atom. The van der Waals surface area contributed by atoms with Crippen molar-refractivity contribution in [3.8, 4) is 0 Å². The Kier molecular flexibility index (Phi) is 1.88. The quantitative estimate of drug-likeness (QED) is 0.710. The molecule has 2 unspecified atom stereocenters. The van der Waals surface area contributed by atoms with E-state index >= 15 is 0 Å². The summed E-state index contributed by atoms with van der Waals surface area (Å²) in [6, 6.07) is 4.54. The lowest BCUT2D eigenvalue weighted by Gasteiger charge is -2.50. The third-order valence-electron chi connectivity index (χ3n) is 3.45. The molecule has 13 heavy (non-hydrogen) atoms. The Hall–Kier alpha value is -0.890. The highest BCUT2D eigenvalue weighted by Crippen LogP contribution is 2.51. The fourth-order valence-corrected chi connectivity index (χ4v) is 2.12. The van der Waals surface area contributed by atoms with E-state index in [4.69, 9.17) is 5.73 Å². The zero-order valence-corrected chi connectivity index (χ0v) is 8.20. The minimum absolute atomic E-state index is 0.251. The molecule has 1 saturated carbocycles. The summed E-state index contributed by atoms with van der Waals surface area (Å²) in [7, 11) is 0. The second kappa shape index (κ2) is 2.81. The smallest absolute Gasteiger partial charge is 0.0270 e. The average molecular weight is 176 g/mol. The number of nitrogens with two attached hydrogens (primary N) is 1. The Morgan fingerprint density at radius 1 is 1.38 bits per heavy atom. The molecule has 70 valence electrons. The third kappa shape index (κ3) is 1.25. The maximum Gasteiger partial charge on any atom is 0.0270 e. The van der Waals surface area contributed by atoms with Crippen LogP contribution in [-0.4, -0.2) is 11.0 Å². The predicted octanol–water partition coefficient (Wildman–Crippen LogP) is 1.92. The van der Waals surface area contributed by atoms with Gasteiger partial charge in [-0.15, -0.1) is 0 Å². The zero-order valence-electron chi connectivity index (χ0n) is 8.20. The molecule has 0 saturated heterocycles. The van der Waals surface area contributed by atoms with Crippen LogP contribution in [0.15, 0.2) is 24.5 Å². The first-order valence-electron chi connectivity index (χ1n) is 4.78. The molecule has 1 aromatic heterocycles. The third-order valence-corrected chi connectivity index (χ3v) is 3.45. The normalized spacial score (nSPS) is 31.0. The molecule has 1 aliphatic carbocycles. The molecule has 2 rings (SSSR count). The SMILES string of the molecule is CC1(C)C(N)CC1c1ccncc1. The van der Waals surface area contributed by atoms with Crippen LogP contribution in [0.25, 0.3) is 0 Å². The molecule has 0 spiro atoms. The van der Waals surface area contributed by atoms with Crippen LogP contribution < -0.4 is 5.73 Å². The molecular weight excluding hydrogens is 160 g/mol. The summed E-state index contributed by atoms with van der Waals surface area (Å²) in [6.45, 7) is 4.48. The summed E-state index contributed by atoms with van der Waals surface area (Å²) < 4.78 is 0. The lowest BCUT2D eigenvalue weighted by Crippen LogP contribution is -2.52. The Labute approximate surface area is 79.2 Å². The van der Waals surface area contributed by atoms with Gasteiger partial charge in [-0.3, -0.25) is 4.98 Å². The van der Waals surface area contributed by atoms with E-state index in [2.05, 4.69) is 31.0 Å². The van der Waals surface area contributed by atoms with E-state index in [9.17, 15) is 0 Å². The van der Waals surface area contributed by atoms with E-state index in [-0.39, 0.29) is 5.41 Å². The molecule has 0 aliphatic heterocycles. The fourth-order valence-electron chi connectivity index (χ4n) is 2.12. The van der Waals surface area contributed by atoms with Crippen LogP contribution in [0.3, 0.4) is 0 Å². The zero-order chi connectivity index (χ0) is 9.47. The highest BCUT2D eigenvalue weighted by molar-refractivity contribution is 5.24. The molecular formula is C11H16N2. The van der Waals surface area contributed by atoms with Crippen molar-refractivity contribution in [2.45, 2.75) is 32.2 Å². The van der Waals surface area contributed by atoms with E-state index in [0.717, 1.165) is 6.42 Å². The van der Waals surface area contributed by atoms with Crippen molar-refractivity contribution in [2.24, 2.45) is 11.1 Å². The van der Waals surface area contributed by atoms with Crippen LogP contribution in [0.4, 0.5) is 0 Å². The molecule has 0 bridgehead atoms. The van der Waals surface area contributed by atoms with Gasteiger partial charge in [0.1, 0.15) is 0 Å². The first-order valence-corrected chi connectivity index (χ1v) is 4.78. The first-order chi connectivity index (χ1) is 6.12. The van der Waals surface area contributed by atoms with Crippen molar-refractivity contribution in [2.75, 3.05) is 0 Å². The van der Waals surface area contributed by atoms with Gasteiger partial charge in [0.15, 0.2) is 0 Å². The lowest BCUT2D eigenvalue weighted by atomic mass is 9.57. The first kappa shape index (κ1) is 8.70. The van der Waals surface area contributed by atoms with Crippen LogP contribution in [0, 0.1) is 5.41 Å². The van der Waals surface area contributed by atoms with Gasteiger partial charge in [-0.1, -0.05) is 13.8 Å². The van der Waals surface area contributed by atoms with Gasteiger partial charge < -0.3 is 5.73 Å². The molecule has 1 aliphatic rings. The maximum absolute atomic E-state index is 5.97. The second-order valence-corrected chi connectivity index (χ2v) is 4.50. The summed E-state index contributed by atoms with van der Waals surface area (Å²) in [6.07, 6.45) is 4.82. The van der Waals surface area contributed by atoms with Crippen molar-refractivity contribution in [3.05, 3.63) is 30.1 Å². The average Bonchev–Trinajstić information content (AvgIpc) is 2.15. The van der Waals surface area contributed by atoms with Crippen LogP contribution in [0.1, 0.15) is 31.7 Å². The van der Waals surface area contributed by atoms with Crippen LogP contribution in [0.5, 0.6) is 0 Å². The van der Waals surface area contributed by atoms with E-state index < -0.39 is 0 Å². The minimum Gasteiger partial charge on any atom is -0.327 e. The molecule has 0 radical (unpaired) electrons. The number of aromatic nitrogens is 1. The predicted molar refractivity (Wildman–Crippen MR) is 53.4 cm³/mol. The molecule has 1 heterocycles. The standard InChI is InChI=1S/C11H16N2/c1-11(2)9(7-10(11)12)8-3-5-13-6-4-8/h3-6,9-10H,7,12H2,1-2H3. The topological polar surface area (TPSA) is 38.9 Å². The number of hydrogen-bond donors (Lipinski definition) is 1. The number of hydrogen-bond acceptors (Lipinski definition) is 2. The van der Waals surface area contributed by atoms with Gasteiger partial charge >= 0.3 is 0 Å². The van der Waals surface area contributed by atoms with Crippen molar-refractivity contribution < 1.29 is 0 Å². The minimum atomic E-state index is 0.251. The molecule has 2 atom stereocenters. The molecule has 2 N–H and O–H groups in total. The fraction of sp³-hybridized carbons (Fsp3) is 0.545. The van der Waals surface area contributed by atoms with Crippen LogP contribution >= 0.6 is 0 Å². The van der Waals surface area contributed by atoms with Crippen molar-refractivity contribution >= 4 is 0 Å². The highest BCUT2D eigenvalue weighted by Gasteiger charge is 2.46. The summed E-state index contributed by atoms with van der Waals surface area (Å²) >= 11 is 0. The largest absolute Gasteiger partial charge is 0.327 e. The monoisotopic (exact) mass is 176 g/mol. The summed E-state index contributed by atoms with van der Waals surface area (Å²) in [5.41, 5.74) is 7.60. The summed E-state index contributed by atoms with van der Waals surface area (Å²) in [5.74, 6) is 0.616. The van der Waals surface area contributed by atoms with Crippen molar-refractivity contribution in [1.82, 2.24) is 4.98 Å². The van der Waals surface area contributed by atoms with Crippen LogP contribution in [0.2, 0.25) is 0 Å². The van der Waals surface area contributed by atoms with E-state index in [1.807, 2.05) is 12.4 Å². The van der Waals surface area contributed by atoms with Crippen molar-refractivity contribution in [1.29, 1.82) is 0 Å². The van der Waals surface area contributed by atoms with Gasteiger partial charge in [-0.25, -0.2) is 0 Å². The maximum atomic E-state index is 5.97. The Balaban J connectivity index is 2.22. The second-order valence-electron chi connectivity index (χ2n) is 4.50. The molecule has 1 fully saturated rings. The number of rotatable bonds is 1. The van der Waals surface area contributed by atoms with Crippen LogP contribution in [-0.2, 0) is 0 Å². The summed E-state index contributed by atoms with van der Waals surface area (Å²) in [4.78, 5) is 4.02. The lowest BCUT2D eigenvalue weighted by molar-refractivity contribution is 0.0983. The van der Waals surface area contributed by atoms with E-state index in [1.54, 1.807) is 0 Å². The van der Waals surface area contributed by atoms with E-state index in [0.29, 0.717) is 12.0 Å². The van der Waals surface area contributed by atoms with Gasteiger partial charge in [-0.05, 0) is 35.4 Å². The highest BCUT2D eigenvalue weighted by atomic mass is 14.8. The Morgan fingerprint density at radius 3 is 2.46 bits per heavy atom. The van der Waals surface area contributed by atoms with Gasteiger partial charge in [0.05, 0.1) is 0 Å². The number of nitrogens with zero attached hydrogens (tertiary/aromatic N) is 1. The molecule has 0 aromatic carbocycles. The molecule has 0 amide bonds. The van der Waals surface area contributed by atoms with Crippen molar-refractivity contribution in [3.63, 3.8) is 0 Å². The van der Waals surface area contributed by atoms with E-state index in [1.165, 1.54) is 5.56 Å².